The van der Waals surface area contributed by atoms with E-state index in [-0.39, 0.29) is 5.91 Å². The van der Waals surface area contributed by atoms with Crippen LogP contribution in [0.15, 0.2) is 24.3 Å². The van der Waals surface area contributed by atoms with Crippen molar-refractivity contribution in [2.45, 2.75) is 25.8 Å². The van der Waals surface area contributed by atoms with Crippen molar-refractivity contribution in [2.24, 2.45) is 0 Å². The molecule has 110 valence electrons. The average Bonchev–Trinajstić information content (AvgIpc) is 2.95. The van der Waals surface area contributed by atoms with E-state index in [0.717, 1.165) is 12.2 Å². The molecule has 1 unspecified atom stereocenters. The molecular formula is C15H22ClN3O. The molecule has 0 aromatic heterocycles. The summed E-state index contributed by atoms with van der Waals surface area (Å²) in [4.78, 5) is 14.2. The molecule has 1 aromatic rings. The Hall–Kier alpha value is -1.10. The fourth-order valence-electron chi connectivity index (χ4n) is 2.44. The van der Waals surface area contributed by atoms with Gasteiger partial charge in [-0.1, -0.05) is 11.6 Å². The van der Waals surface area contributed by atoms with Gasteiger partial charge >= 0.3 is 0 Å². The quantitative estimate of drug-likeness (QED) is 0.847. The molecule has 0 bridgehead atoms. The SMILES string of the molecule is CC(CNCC(=O)Nc1ccc(Cl)cc1)N1CCCC1. The predicted molar refractivity (Wildman–Crippen MR) is 83.2 cm³/mol. The smallest absolute Gasteiger partial charge is 0.238 e. The Morgan fingerprint density at radius 2 is 1.95 bits per heavy atom. The number of benzene rings is 1. The van der Waals surface area contributed by atoms with Gasteiger partial charge in [0.1, 0.15) is 0 Å². The molecule has 1 atom stereocenters. The van der Waals surface area contributed by atoms with Crippen LogP contribution in [0.4, 0.5) is 5.69 Å². The van der Waals surface area contributed by atoms with Gasteiger partial charge in [-0.2, -0.15) is 0 Å². The van der Waals surface area contributed by atoms with E-state index in [1.54, 1.807) is 24.3 Å². The van der Waals surface area contributed by atoms with E-state index in [0.29, 0.717) is 17.6 Å². The van der Waals surface area contributed by atoms with Gasteiger partial charge in [0.15, 0.2) is 0 Å². The molecule has 1 fully saturated rings. The molecule has 0 radical (unpaired) electrons. The van der Waals surface area contributed by atoms with Crippen LogP contribution in [0.5, 0.6) is 0 Å². The second-order valence-corrected chi connectivity index (χ2v) is 5.71. The van der Waals surface area contributed by atoms with E-state index in [2.05, 4.69) is 22.5 Å². The number of rotatable bonds is 6. The van der Waals surface area contributed by atoms with Crippen molar-refractivity contribution in [1.82, 2.24) is 10.2 Å². The Kier molecular flexibility index (Phi) is 5.83. The summed E-state index contributed by atoms with van der Waals surface area (Å²) in [5.41, 5.74) is 0.772. The van der Waals surface area contributed by atoms with Crippen LogP contribution in [0, 0.1) is 0 Å². The third-order valence-electron chi connectivity index (χ3n) is 3.62. The zero-order valence-electron chi connectivity index (χ0n) is 11.9. The summed E-state index contributed by atoms with van der Waals surface area (Å²) >= 11 is 5.80. The average molecular weight is 296 g/mol. The highest BCUT2D eigenvalue weighted by Gasteiger charge is 2.17. The van der Waals surface area contributed by atoms with Gasteiger partial charge in [-0.05, 0) is 57.1 Å². The molecule has 20 heavy (non-hydrogen) atoms. The molecule has 4 nitrogen and oxygen atoms in total. The largest absolute Gasteiger partial charge is 0.325 e. The third-order valence-corrected chi connectivity index (χ3v) is 3.87. The highest BCUT2D eigenvalue weighted by molar-refractivity contribution is 6.30. The minimum Gasteiger partial charge on any atom is -0.325 e. The van der Waals surface area contributed by atoms with Gasteiger partial charge in [0.25, 0.3) is 0 Å². The first kappa shape index (κ1) is 15.3. The van der Waals surface area contributed by atoms with Gasteiger partial charge in [-0.15, -0.1) is 0 Å². The molecule has 1 aliphatic heterocycles. The van der Waals surface area contributed by atoms with Crippen LogP contribution in [0.2, 0.25) is 5.02 Å². The Labute approximate surface area is 125 Å². The Morgan fingerprint density at radius 3 is 2.60 bits per heavy atom. The monoisotopic (exact) mass is 295 g/mol. The number of hydrogen-bond donors (Lipinski definition) is 2. The Balaban J connectivity index is 1.65. The molecule has 0 saturated carbocycles. The van der Waals surface area contributed by atoms with Crippen molar-refractivity contribution in [3.05, 3.63) is 29.3 Å². The first-order valence-electron chi connectivity index (χ1n) is 7.15. The minimum absolute atomic E-state index is 0.0269. The Bertz CT molecular complexity index is 429. The number of halogens is 1. The number of amides is 1. The lowest BCUT2D eigenvalue weighted by Gasteiger charge is -2.23. The van der Waals surface area contributed by atoms with E-state index in [9.17, 15) is 4.79 Å². The summed E-state index contributed by atoms with van der Waals surface area (Å²) in [7, 11) is 0. The molecule has 2 N–H and O–H groups in total. The van der Waals surface area contributed by atoms with Gasteiger partial charge in [-0.25, -0.2) is 0 Å². The predicted octanol–water partition coefficient (Wildman–Crippen LogP) is 2.35. The number of nitrogens with zero attached hydrogens (tertiary/aromatic N) is 1. The fraction of sp³-hybridized carbons (Fsp3) is 0.533. The maximum Gasteiger partial charge on any atom is 0.238 e. The lowest BCUT2D eigenvalue weighted by Crippen LogP contribution is -2.40. The first-order chi connectivity index (χ1) is 9.65. The highest BCUT2D eigenvalue weighted by Crippen LogP contribution is 2.13. The van der Waals surface area contributed by atoms with Crippen molar-refractivity contribution < 1.29 is 4.79 Å². The highest BCUT2D eigenvalue weighted by atomic mass is 35.5. The number of anilines is 1. The molecule has 1 aromatic carbocycles. The van der Waals surface area contributed by atoms with Gasteiger partial charge in [0, 0.05) is 23.3 Å². The zero-order chi connectivity index (χ0) is 14.4. The summed E-state index contributed by atoms with van der Waals surface area (Å²) in [6.45, 7) is 5.74. The summed E-state index contributed by atoms with van der Waals surface area (Å²) in [5.74, 6) is -0.0269. The van der Waals surface area contributed by atoms with Crippen LogP contribution in [0.3, 0.4) is 0 Å². The van der Waals surface area contributed by atoms with Gasteiger partial charge in [0.2, 0.25) is 5.91 Å². The zero-order valence-corrected chi connectivity index (χ0v) is 12.6. The lowest BCUT2D eigenvalue weighted by atomic mass is 10.3. The summed E-state index contributed by atoms with van der Waals surface area (Å²) in [6.07, 6.45) is 2.59. The fourth-order valence-corrected chi connectivity index (χ4v) is 2.57. The second kappa shape index (κ2) is 7.62. The maximum absolute atomic E-state index is 11.8. The number of likely N-dealkylation sites (tertiary alicyclic amines) is 1. The summed E-state index contributed by atoms with van der Waals surface area (Å²) < 4.78 is 0. The molecule has 1 heterocycles. The van der Waals surface area contributed by atoms with E-state index in [1.165, 1.54) is 25.9 Å². The van der Waals surface area contributed by atoms with E-state index in [1.807, 2.05) is 0 Å². The minimum atomic E-state index is -0.0269. The molecule has 1 saturated heterocycles. The van der Waals surface area contributed by atoms with Crippen LogP contribution in [-0.4, -0.2) is 43.0 Å². The molecule has 0 aliphatic carbocycles. The van der Waals surface area contributed by atoms with Gasteiger partial charge < -0.3 is 10.6 Å². The molecular weight excluding hydrogens is 274 g/mol. The molecule has 1 amide bonds. The number of carbonyl (C=O) groups is 1. The van der Waals surface area contributed by atoms with Crippen LogP contribution in [-0.2, 0) is 4.79 Å². The molecule has 1 aliphatic rings. The van der Waals surface area contributed by atoms with E-state index in [4.69, 9.17) is 11.6 Å². The van der Waals surface area contributed by atoms with Gasteiger partial charge in [-0.3, -0.25) is 9.69 Å². The number of carbonyl (C=O) groups excluding carboxylic acids is 1. The summed E-state index contributed by atoms with van der Waals surface area (Å²) in [5, 5.41) is 6.72. The molecule has 0 spiro atoms. The van der Waals surface area contributed by atoms with E-state index >= 15 is 0 Å². The Morgan fingerprint density at radius 1 is 1.30 bits per heavy atom. The standard InChI is InChI=1S/C15H22ClN3O/c1-12(19-8-2-3-9-19)10-17-11-15(20)18-14-6-4-13(16)5-7-14/h4-7,12,17H,2-3,8-11H2,1H3,(H,18,20). The normalized spacial score (nSPS) is 17.1. The third kappa shape index (κ3) is 4.78. The van der Waals surface area contributed by atoms with Crippen molar-refractivity contribution in [1.29, 1.82) is 0 Å². The van der Waals surface area contributed by atoms with Crippen LogP contribution < -0.4 is 10.6 Å². The van der Waals surface area contributed by atoms with Crippen molar-refractivity contribution in [3.8, 4) is 0 Å². The van der Waals surface area contributed by atoms with Gasteiger partial charge in [0.05, 0.1) is 6.54 Å². The summed E-state index contributed by atoms with van der Waals surface area (Å²) in [6, 6.07) is 7.61. The second-order valence-electron chi connectivity index (χ2n) is 5.28. The number of nitrogens with one attached hydrogen (secondary N) is 2. The molecule has 5 heteroatoms. The van der Waals surface area contributed by atoms with Crippen molar-refractivity contribution in [2.75, 3.05) is 31.5 Å². The lowest BCUT2D eigenvalue weighted by molar-refractivity contribution is -0.115. The van der Waals surface area contributed by atoms with Crippen molar-refractivity contribution in [3.63, 3.8) is 0 Å². The topological polar surface area (TPSA) is 44.4 Å². The van der Waals surface area contributed by atoms with Crippen LogP contribution >= 0.6 is 11.6 Å². The maximum atomic E-state index is 11.8. The molecule has 2 rings (SSSR count). The number of hydrogen-bond acceptors (Lipinski definition) is 3. The van der Waals surface area contributed by atoms with E-state index < -0.39 is 0 Å². The van der Waals surface area contributed by atoms with Crippen molar-refractivity contribution >= 4 is 23.2 Å². The van der Waals surface area contributed by atoms with Crippen LogP contribution in [0.1, 0.15) is 19.8 Å². The van der Waals surface area contributed by atoms with Crippen LogP contribution in [0.25, 0.3) is 0 Å². The first-order valence-corrected chi connectivity index (χ1v) is 7.53.